The minimum Gasteiger partial charge on any atom is -0.401 e. The summed E-state index contributed by atoms with van der Waals surface area (Å²) >= 11 is 0. The van der Waals surface area contributed by atoms with Crippen LogP contribution in [0.1, 0.15) is 42.2 Å². The lowest BCUT2D eigenvalue weighted by atomic mass is 9.75. The number of hydrogen-bond acceptors (Lipinski definition) is 3. The third-order valence-electron chi connectivity index (χ3n) is 5.01. The fraction of sp³-hybridized carbons (Fsp3) is 0.368. The average Bonchev–Trinajstić information content (AvgIpc) is 3.05. The van der Waals surface area contributed by atoms with Gasteiger partial charge in [-0.2, -0.15) is 0 Å². The Bertz CT molecular complexity index is 703. The van der Waals surface area contributed by atoms with Crippen molar-refractivity contribution in [2.75, 3.05) is 7.11 Å². The second kappa shape index (κ2) is 6.12. The van der Waals surface area contributed by atoms with Gasteiger partial charge in [-0.05, 0) is 41.9 Å². The van der Waals surface area contributed by atoms with Crippen molar-refractivity contribution in [2.24, 2.45) is 0 Å². The molecule has 0 unspecified atom stereocenters. The Kier molecular flexibility index (Phi) is 3.98. The van der Waals surface area contributed by atoms with Crippen LogP contribution in [0.25, 0.3) is 0 Å². The first-order valence-electron chi connectivity index (χ1n) is 8.28. The van der Waals surface area contributed by atoms with Crippen molar-refractivity contribution in [3.05, 3.63) is 65.2 Å². The van der Waals surface area contributed by atoms with E-state index in [1.165, 1.54) is 11.1 Å². The van der Waals surface area contributed by atoms with Gasteiger partial charge in [0.1, 0.15) is 0 Å². The van der Waals surface area contributed by atoms with Crippen LogP contribution in [0.2, 0.25) is 0 Å². The van der Waals surface area contributed by atoms with Gasteiger partial charge in [-0.3, -0.25) is 0 Å². The monoisotopic (exact) mass is 308 g/mol. The van der Waals surface area contributed by atoms with Crippen LogP contribution in [0, 0.1) is 0 Å². The van der Waals surface area contributed by atoms with Crippen LogP contribution in [0.5, 0.6) is 0 Å². The summed E-state index contributed by atoms with van der Waals surface area (Å²) < 4.78 is 18.1. The molecule has 3 nitrogen and oxygen atoms in total. The molecule has 4 rings (SSSR count). The first-order chi connectivity index (χ1) is 11.3. The molecule has 0 radical (unpaired) electrons. The van der Waals surface area contributed by atoms with Crippen molar-refractivity contribution >= 4 is 12.6 Å². The maximum absolute atomic E-state index is 6.34. The van der Waals surface area contributed by atoms with Gasteiger partial charge in [0.2, 0.25) is 0 Å². The summed E-state index contributed by atoms with van der Waals surface area (Å²) in [5.74, 6) is 0. The molecule has 0 N–H and O–H groups in total. The third kappa shape index (κ3) is 2.61. The highest BCUT2D eigenvalue weighted by Crippen LogP contribution is 2.39. The Labute approximate surface area is 137 Å². The Morgan fingerprint density at radius 1 is 1.09 bits per heavy atom. The number of benzene rings is 2. The van der Waals surface area contributed by atoms with Gasteiger partial charge in [0.25, 0.3) is 0 Å². The minimum atomic E-state index is -0.315. The summed E-state index contributed by atoms with van der Waals surface area (Å²) in [6, 6.07) is 16.8. The molecule has 3 atom stereocenters. The van der Waals surface area contributed by atoms with E-state index in [-0.39, 0.29) is 25.4 Å². The van der Waals surface area contributed by atoms with E-state index in [9.17, 15) is 0 Å². The number of fused-ring (bicyclic) bond motifs is 3. The van der Waals surface area contributed by atoms with Gasteiger partial charge in [-0.15, -0.1) is 0 Å². The normalized spacial score (nSPS) is 24.2. The van der Waals surface area contributed by atoms with Crippen molar-refractivity contribution < 1.29 is 14.0 Å². The van der Waals surface area contributed by atoms with Crippen LogP contribution in [-0.4, -0.2) is 20.3 Å². The number of rotatable bonds is 3. The molecule has 1 fully saturated rings. The molecule has 0 aromatic heterocycles. The molecule has 0 amide bonds. The Hall–Kier alpha value is -1.62. The van der Waals surface area contributed by atoms with Crippen LogP contribution in [0.15, 0.2) is 48.5 Å². The number of ether oxygens (including phenoxy) is 1. The van der Waals surface area contributed by atoms with Crippen molar-refractivity contribution in [1.82, 2.24) is 0 Å². The van der Waals surface area contributed by atoms with Gasteiger partial charge in [-0.25, -0.2) is 0 Å². The van der Waals surface area contributed by atoms with E-state index in [1.807, 2.05) is 12.1 Å². The largest absolute Gasteiger partial charge is 0.495 e. The smallest absolute Gasteiger partial charge is 0.401 e. The van der Waals surface area contributed by atoms with Crippen molar-refractivity contribution in [2.45, 2.75) is 38.1 Å². The molecule has 118 valence electrons. The van der Waals surface area contributed by atoms with E-state index in [0.717, 1.165) is 23.9 Å². The Morgan fingerprint density at radius 2 is 1.87 bits per heavy atom. The van der Waals surface area contributed by atoms with Crippen molar-refractivity contribution in [1.29, 1.82) is 0 Å². The minimum absolute atomic E-state index is 0.0216. The topological polar surface area (TPSA) is 27.7 Å². The summed E-state index contributed by atoms with van der Waals surface area (Å²) in [4.78, 5) is 0. The SMILES string of the molecule is CO[C@@H](C)c1ccccc1B1O[C@H]2CCc3ccccc3[C@H]2O1. The van der Waals surface area contributed by atoms with Crippen molar-refractivity contribution in [3.8, 4) is 0 Å². The lowest BCUT2D eigenvalue weighted by Crippen LogP contribution is -2.36. The van der Waals surface area contributed by atoms with Crippen LogP contribution < -0.4 is 5.46 Å². The molecule has 2 aromatic carbocycles. The maximum Gasteiger partial charge on any atom is 0.495 e. The zero-order valence-corrected chi connectivity index (χ0v) is 13.6. The van der Waals surface area contributed by atoms with Crippen LogP contribution in [0.4, 0.5) is 0 Å². The third-order valence-corrected chi connectivity index (χ3v) is 5.01. The molecule has 1 saturated heterocycles. The van der Waals surface area contributed by atoms with Gasteiger partial charge < -0.3 is 14.0 Å². The van der Waals surface area contributed by atoms with E-state index in [0.29, 0.717) is 0 Å². The summed E-state index contributed by atoms with van der Waals surface area (Å²) in [5.41, 5.74) is 4.88. The molecule has 1 heterocycles. The zero-order valence-electron chi connectivity index (χ0n) is 13.6. The molecule has 2 aliphatic rings. The predicted octanol–water partition coefficient (Wildman–Crippen LogP) is 3.19. The molecule has 1 aliphatic heterocycles. The highest BCUT2D eigenvalue weighted by atomic mass is 16.7. The Balaban J connectivity index is 1.65. The van der Waals surface area contributed by atoms with E-state index in [1.54, 1.807) is 7.11 Å². The maximum atomic E-state index is 6.34. The lowest BCUT2D eigenvalue weighted by molar-refractivity contribution is 0.120. The molecular formula is C19H21BO3. The van der Waals surface area contributed by atoms with Gasteiger partial charge in [0, 0.05) is 7.11 Å². The molecule has 23 heavy (non-hydrogen) atoms. The van der Waals surface area contributed by atoms with E-state index < -0.39 is 0 Å². The second-order valence-electron chi connectivity index (χ2n) is 6.31. The van der Waals surface area contributed by atoms with Crippen LogP contribution in [0.3, 0.4) is 0 Å². The predicted molar refractivity (Wildman–Crippen MR) is 90.7 cm³/mol. The van der Waals surface area contributed by atoms with Crippen LogP contribution in [-0.2, 0) is 20.5 Å². The second-order valence-corrected chi connectivity index (χ2v) is 6.31. The number of methoxy groups -OCH3 is 1. The Morgan fingerprint density at radius 3 is 2.74 bits per heavy atom. The average molecular weight is 308 g/mol. The summed E-state index contributed by atoms with van der Waals surface area (Å²) in [6.07, 6.45) is 2.27. The molecule has 2 aromatic rings. The quantitative estimate of drug-likeness (QED) is 0.815. The molecule has 0 bridgehead atoms. The zero-order chi connectivity index (χ0) is 15.8. The van der Waals surface area contributed by atoms with Gasteiger partial charge >= 0.3 is 7.12 Å². The molecular weight excluding hydrogens is 287 g/mol. The highest BCUT2D eigenvalue weighted by Gasteiger charge is 2.44. The first-order valence-corrected chi connectivity index (χ1v) is 8.28. The number of aryl methyl sites for hydroxylation is 1. The van der Waals surface area contributed by atoms with Gasteiger partial charge in [0.15, 0.2) is 0 Å². The van der Waals surface area contributed by atoms with Gasteiger partial charge in [-0.1, -0.05) is 48.5 Å². The molecule has 4 heteroatoms. The standard InChI is InChI=1S/C19H21BO3/c1-13(21-2)15-8-5-6-10-17(15)20-22-18-12-11-14-7-3-4-9-16(14)19(18)23-20/h3-10,13,18-19H,11-12H2,1-2H3/t13-,18-,19+/m0/s1. The fourth-order valence-corrected chi connectivity index (χ4v) is 3.68. The summed E-state index contributed by atoms with van der Waals surface area (Å²) in [5, 5.41) is 0. The molecule has 1 aliphatic carbocycles. The first kappa shape index (κ1) is 14.9. The van der Waals surface area contributed by atoms with Gasteiger partial charge in [0.05, 0.1) is 18.3 Å². The highest BCUT2D eigenvalue weighted by molar-refractivity contribution is 6.62. The van der Waals surface area contributed by atoms with Crippen LogP contribution >= 0.6 is 0 Å². The molecule has 0 spiro atoms. The van der Waals surface area contributed by atoms with E-state index in [4.69, 9.17) is 14.0 Å². The summed E-state index contributed by atoms with van der Waals surface area (Å²) in [7, 11) is 1.42. The summed E-state index contributed by atoms with van der Waals surface area (Å²) in [6.45, 7) is 2.05. The van der Waals surface area contributed by atoms with E-state index >= 15 is 0 Å². The number of hydrogen-bond donors (Lipinski definition) is 0. The van der Waals surface area contributed by atoms with E-state index in [2.05, 4.69) is 43.3 Å². The molecule has 0 saturated carbocycles. The van der Waals surface area contributed by atoms with Crippen molar-refractivity contribution in [3.63, 3.8) is 0 Å². The fourth-order valence-electron chi connectivity index (χ4n) is 3.68. The lowest BCUT2D eigenvalue weighted by Gasteiger charge is -2.26.